The minimum Gasteiger partial charge on any atom is -0.496 e. The Morgan fingerprint density at radius 1 is 1.05 bits per heavy atom. The highest BCUT2D eigenvalue weighted by Crippen LogP contribution is 2.30. The van der Waals surface area contributed by atoms with Gasteiger partial charge in [0.05, 0.1) is 12.0 Å². The molecule has 1 aliphatic carbocycles. The quantitative estimate of drug-likeness (QED) is 0.277. The van der Waals surface area contributed by atoms with Crippen LogP contribution in [0.4, 0.5) is 10.5 Å². The van der Waals surface area contributed by atoms with E-state index in [0.29, 0.717) is 23.4 Å². The Hall–Kier alpha value is -4.31. The third kappa shape index (κ3) is 6.22. The molecular weight excluding hydrogens is 542 g/mol. The second kappa shape index (κ2) is 11.7. The van der Waals surface area contributed by atoms with Gasteiger partial charge in [-0.05, 0) is 85.6 Å². The number of nitrogens with one attached hydrogen (secondary N) is 2. The highest BCUT2D eigenvalue weighted by Gasteiger charge is 2.22. The summed E-state index contributed by atoms with van der Waals surface area (Å²) in [7, 11) is -0.739. The second-order valence-corrected chi connectivity index (χ2v) is 11.5. The van der Waals surface area contributed by atoms with Crippen molar-refractivity contribution in [2.75, 3.05) is 12.4 Å². The Kier molecular flexibility index (Phi) is 6.66. The highest BCUT2D eigenvalue weighted by atomic mass is 32.2. The summed E-state index contributed by atoms with van der Waals surface area (Å²) < 4.78 is 72.0. The van der Waals surface area contributed by atoms with Gasteiger partial charge in [-0.2, -0.15) is 0 Å². The lowest BCUT2D eigenvalue weighted by Crippen LogP contribution is -2.31. The van der Waals surface area contributed by atoms with Crippen molar-refractivity contribution in [1.29, 1.82) is 0 Å². The Morgan fingerprint density at radius 2 is 1.80 bits per heavy atom. The molecule has 0 saturated heterocycles. The number of methoxy groups -OCH3 is 1. The van der Waals surface area contributed by atoms with Crippen LogP contribution >= 0.6 is 0 Å². The zero-order chi connectivity index (χ0) is 32.7. The lowest BCUT2D eigenvalue weighted by molar-refractivity contribution is 0.0980. The van der Waals surface area contributed by atoms with Gasteiger partial charge < -0.3 is 14.0 Å². The highest BCUT2D eigenvalue weighted by molar-refractivity contribution is 7.90. The van der Waals surface area contributed by atoms with Crippen molar-refractivity contribution in [2.45, 2.75) is 49.9 Å². The van der Waals surface area contributed by atoms with Crippen LogP contribution in [0.3, 0.4) is 0 Å². The van der Waals surface area contributed by atoms with Crippen molar-refractivity contribution in [1.82, 2.24) is 9.29 Å². The molecule has 5 rings (SSSR count). The number of fused-ring (bicyclic) bond motifs is 1. The van der Waals surface area contributed by atoms with Gasteiger partial charge in [0.1, 0.15) is 11.9 Å². The van der Waals surface area contributed by atoms with Crippen molar-refractivity contribution < 1.29 is 33.0 Å². The Morgan fingerprint density at radius 3 is 2.54 bits per heavy atom. The SMILES string of the molecule is [2H]C1([2H])CC(OC(=O)Nc2ccc3c(c2)c(Cc2ccc(C(=O)NS(=O)(=O)c4ccccc4C)cc2OC)cn3C)CC1([2H])[2H]. The first-order chi connectivity index (χ1) is 21.1. The number of hydrogen-bond donors (Lipinski definition) is 2. The molecule has 4 aromatic rings. The van der Waals surface area contributed by atoms with Crippen LogP contribution in [0, 0.1) is 6.92 Å². The van der Waals surface area contributed by atoms with Gasteiger partial charge in [0.15, 0.2) is 0 Å². The van der Waals surface area contributed by atoms with E-state index in [1.165, 1.54) is 25.3 Å². The van der Waals surface area contributed by atoms with Crippen LogP contribution in [0.1, 0.15) is 58.1 Å². The van der Waals surface area contributed by atoms with Crippen molar-refractivity contribution >= 4 is 38.6 Å². The average molecular weight is 580 g/mol. The van der Waals surface area contributed by atoms with Gasteiger partial charge in [-0.15, -0.1) is 0 Å². The topological polar surface area (TPSA) is 116 Å². The molecule has 214 valence electrons. The molecule has 0 radical (unpaired) electrons. The monoisotopic (exact) mass is 579 g/mol. The molecule has 0 aliphatic heterocycles. The minimum atomic E-state index is -4.08. The number of ether oxygens (including phenoxy) is 2. The van der Waals surface area contributed by atoms with Crippen LogP contribution in [0.25, 0.3) is 10.9 Å². The predicted octanol–water partition coefficient (Wildman–Crippen LogP) is 5.70. The van der Waals surface area contributed by atoms with E-state index < -0.39 is 40.9 Å². The Balaban J connectivity index is 1.33. The zero-order valence-electron chi connectivity index (χ0n) is 26.9. The van der Waals surface area contributed by atoms with E-state index in [2.05, 4.69) is 10.0 Å². The van der Waals surface area contributed by atoms with Crippen molar-refractivity contribution in [3.63, 3.8) is 0 Å². The molecule has 1 fully saturated rings. The van der Waals surface area contributed by atoms with E-state index in [1.54, 1.807) is 43.3 Å². The second-order valence-electron chi connectivity index (χ2n) is 9.81. The van der Waals surface area contributed by atoms with Crippen molar-refractivity contribution in [2.24, 2.45) is 7.05 Å². The third-order valence-electron chi connectivity index (χ3n) is 6.92. The lowest BCUT2D eigenvalue weighted by Gasteiger charge is -2.13. The van der Waals surface area contributed by atoms with Gasteiger partial charge in [-0.25, -0.2) is 17.9 Å². The molecule has 2 N–H and O–H groups in total. The van der Waals surface area contributed by atoms with E-state index in [9.17, 15) is 18.0 Å². The number of rotatable bonds is 8. The largest absolute Gasteiger partial charge is 0.496 e. The van der Waals surface area contributed by atoms with E-state index in [4.69, 9.17) is 15.0 Å². The summed E-state index contributed by atoms with van der Waals surface area (Å²) in [5.41, 5.74) is 3.58. The van der Waals surface area contributed by atoms with Gasteiger partial charge in [0, 0.05) is 47.3 Å². The first-order valence-corrected chi connectivity index (χ1v) is 14.4. The molecule has 0 unspecified atom stereocenters. The number of benzene rings is 3. The normalized spacial score (nSPS) is 17.6. The molecule has 0 atom stereocenters. The number of hydrogen-bond acceptors (Lipinski definition) is 6. The summed E-state index contributed by atoms with van der Waals surface area (Å²) >= 11 is 0. The maximum Gasteiger partial charge on any atom is 0.411 e. The van der Waals surface area contributed by atoms with Crippen LogP contribution in [0.15, 0.2) is 71.8 Å². The third-order valence-corrected chi connectivity index (χ3v) is 8.41. The van der Waals surface area contributed by atoms with Crippen LogP contribution in [-0.4, -0.2) is 38.2 Å². The summed E-state index contributed by atoms with van der Waals surface area (Å²) in [6.07, 6.45) is -3.97. The lowest BCUT2D eigenvalue weighted by atomic mass is 10.0. The fourth-order valence-corrected chi connectivity index (χ4v) is 6.07. The fraction of sp³-hybridized carbons (Fsp3) is 0.290. The molecular formula is C31H33N3O6S. The molecule has 0 spiro atoms. The average Bonchev–Trinajstić information content (AvgIpc) is 3.37. The molecule has 1 saturated carbocycles. The zero-order valence-corrected chi connectivity index (χ0v) is 23.7. The van der Waals surface area contributed by atoms with E-state index in [0.717, 1.165) is 22.0 Å². The van der Waals surface area contributed by atoms with Gasteiger partial charge in [0.2, 0.25) is 0 Å². The molecule has 0 bridgehead atoms. The predicted molar refractivity (Wildman–Crippen MR) is 157 cm³/mol. The summed E-state index contributed by atoms with van der Waals surface area (Å²) in [6.45, 7) is 1.65. The van der Waals surface area contributed by atoms with Crippen LogP contribution in [-0.2, 0) is 28.2 Å². The molecule has 3 aromatic carbocycles. The number of amides is 2. The van der Waals surface area contributed by atoms with Gasteiger partial charge in [-0.1, -0.05) is 24.3 Å². The molecule has 10 heteroatoms. The number of anilines is 1. The smallest absolute Gasteiger partial charge is 0.411 e. The van der Waals surface area contributed by atoms with E-state index >= 15 is 0 Å². The number of nitrogens with zero attached hydrogens (tertiary/aromatic N) is 1. The van der Waals surface area contributed by atoms with E-state index in [-0.39, 0.29) is 23.3 Å². The van der Waals surface area contributed by atoms with Gasteiger partial charge in [-0.3, -0.25) is 10.1 Å². The minimum absolute atomic E-state index is 0.0176. The number of sulfonamides is 1. The van der Waals surface area contributed by atoms with Crippen molar-refractivity contribution in [3.05, 3.63) is 89.1 Å². The van der Waals surface area contributed by atoms with Crippen molar-refractivity contribution in [3.8, 4) is 5.75 Å². The van der Waals surface area contributed by atoms with Crippen LogP contribution < -0.4 is 14.8 Å². The summed E-state index contributed by atoms with van der Waals surface area (Å²) in [4.78, 5) is 25.5. The number of carbonyl (C=O) groups is 2. The summed E-state index contributed by atoms with van der Waals surface area (Å²) in [5.74, 6) is -0.400. The first kappa shape index (κ1) is 23.4. The molecule has 1 aliphatic rings. The first-order valence-electron chi connectivity index (χ1n) is 15.0. The van der Waals surface area contributed by atoms with Crippen LogP contribution in [0.5, 0.6) is 5.75 Å². The summed E-state index contributed by atoms with van der Waals surface area (Å²) in [5, 5.41) is 3.49. The number of aryl methyl sites for hydroxylation is 2. The van der Waals surface area contributed by atoms with Gasteiger partial charge in [0.25, 0.3) is 15.9 Å². The van der Waals surface area contributed by atoms with Gasteiger partial charge >= 0.3 is 6.09 Å². The Bertz CT molecular complexity index is 1890. The molecule has 41 heavy (non-hydrogen) atoms. The maximum atomic E-state index is 12.9. The molecule has 9 nitrogen and oxygen atoms in total. The molecule has 2 amide bonds. The number of carbonyl (C=O) groups excluding carboxylic acids is 2. The molecule has 1 heterocycles. The summed E-state index contributed by atoms with van der Waals surface area (Å²) in [6, 6.07) is 16.4. The fourth-order valence-electron chi connectivity index (χ4n) is 4.85. The number of aromatic nitrogens is 1. The van der Waals surface area contributed by atoms with Crippen LogP contribution in [0.2, 0.25) is 0 Å². The maximum absolute atomic E-state index is 12.9. The standard InChI is InChI=1S/C31H33N3O6S/c1-20-8-4-7-11-29(20)41(37,38)33-30(35)22-13-12-21(28(17-22)39-3)16-23-19-34(2)27-15-14-24(18-26(23)27)32-31(36)40-25-9-5-6-10-25/h4,7-8,11-15,17-19,25H,5-6,9-10,16H2,1-3H3,(H,32,36)(H,33,35)/i5D2,6D2. The van der Waals surface area contributed by atoms with E-state index in [1.807, 2.05) is 23.9 Å². The Labute approximate surface area is 245 Å². The molecule has 1 aromatic heterocycles.